The first kappa shape index (κ1) is 12.4. The van der Waals surface area contributed by atoms with Crippen molar-refractivity contribution in [1.82, 2.24) is 0 Å². The molecule has 0 fully saturated rings. The van der Waals surface area contributed by atoms with Crippen LogP contribution in [0.15, 0.2) is 30.3 Å². The summed E-state index contributed by atoms with van der Waals surface area (Å²) in [6.07, 6.45) is 0.487. The van der Waals surface area contributed by atoms with Crippen LogP contribution in [-0.2, 0) is 9.59 Å². The number of nitro benzene ring substituents is 1. The van der Waals surface area contributed by atoms with Crippen molar-refractivity contribution in [3.8, 4) is 0 Å². The molecule has 0 aliphatic carbocycles. The minimum atomic E-state index is -1.72. The average molecular weight is 237 g/mol. The van der Waals surface area contributed by atoms with Gasteiger partial charge in [-0.25, -0.2) is 4.79 Å². The quantitative estimate of drug-likeness (QED) is 0.266. The molecule has 7 heteroatoms. The molecule has 2 N–H and O–H groups in total. The zero-order valence-corrected chi connectivity index (χ0v) is 8.36. The van der Waals surface area contributed by atoms with E-state index >= 15 is 0 Å². The van der Waals surface area contributed by atoms with E-state index in [2.05, 4.69) is 0 Å². The Bertz CT molecular complexity index is 519. The van der Waals surface area contributed by atoms with E-state index in [4.69, 9.17) is 5.11 Å². The minimum Gasteiger partial charge on any atom is -0.507 e. The highest BCUT2D eigenvalue weighted by Crippen LogP contribution is 2.18. The third kappa shape index (κ3) is 3.13. The lowest BCUT2D eigenvalue weighted by molar-refractivity contribution is -0.384. The van der Waals surface area contributed by atoms with Crippen molar-refractivity contribution in [3.05, 3.63) is 46.0 Å². The van der Waals surface area contributed by atoms with Gasteiger partial charge in [0.25, 0.3) is 11.5 Å². The van der Waals surface area contributed by atoms with Gasteiger partial charge in [-0.3, -0.25) is 14.9 Å². The normalized spacial score (nSPS) is 10.9. The fraction of sp³-hybridized carbons (Fsp3) is 0. The molecule has 17 heavy (non-hydrogen) atoms. The molecule has 0 spiro atoms. The Kier molecular flexibility index (Phi) is 3.55. The number of non-ortho nitro benzene ring substituents is 1. The van der Waals surface area contributed by atoms with Gasteiger partial charge in [0.2, 0.25) is 0 Å². The number of carbonyl (C=O) groups is 2. The molecule has 0 unspecified atom stereocenters. The van der Waals surface area contributed by atoms with Crippen LogP contribution in [0.5, 0.6) is 0 Å². The molecule has 0 amide bonds. The Morgan fingerprint density at radius 2 is 1.94 bits per heavy atom. The predicted octanol–water partition coefficient (Wildman–Crippen LogP) is 1.15. The third-order valence-electron chi connectivity index (χ3n) is 1.83. The largest absolute Gasteiger partial charge is 0.507 e. The zero-order chi connectivity index (χ0) is 13.0. The summed E-state index contributed by atoms with van der Waals surface area (Å²) in [6, 6.07) is 4.85. The van der Waals surface area contributed by atoms with Gasteiger partial charge < -0.3 is 10.2 Å². The van der Waals surface area contributed by atoms with Crippen LogP contribution in [0.25, 0.3) is 5.76 Å². The molecular formula is C10H7NO6. The number of carboxylic acids is 1. The minimum absolute atomic E-state index is 0.00574. The molecular weight excluding hydrogens is 230 g/mol. The summed E-state index contributed by atoms with van der Waals surface area (Å²) in [5.74, 6) is -3.67. The van der Waals surface area contributed by atoms with Crippen LogP contribution in [0.3, 0.4) is 0 Å². The number of aliphatic hydroxyl groups excluding tert-OH is 1. The second-order valence-corrected chi connectivity index (χ2v) is 3.01. The smallest absolute Gasteiger partial charge is 0.376 e. The molecule has 0 atom stereocenters. The van der Waals surface area contributed by atoms with Gasteiger partial charge in [0.15, 0.2) is 0 Å². The first-order valence-electron chi connectivity index (χ1n) is 4.34. The van der Waals surface area contributed by atoms with E-state index < -0.39 is 22.4 Å². The number of benzene rings is 1. The monoisotopic (exact) mass is 237 g/mol. The summed E-state index contributed by atoms with van der Waals surface area (Å²) in [6.45, 7) is 0. The molecule has 0 radical (unpaired) electrons. The number of nitrogens with zero attached hydrogens (tertiary/aromatic N) is 1. The van der Waals surface area contributed by atoms with Crippen molar-refractivity contribution in [1.29, 1.82) is 0 Å². The fourth-order valence-electron chi connectivity index (χ4n) is 1.05. The van der Waals surface area contributed by atoms with Crippen LogP contribution in [0.2, 0.25) is 0 Å². The number of carbonyl (C=O) groups excluding carboxylic acids is 1. The maximum Gasteiger partial charge on any atom is 0.376 e. The number of hydrogen-bond donors (Lipinski definition) is 2. The van der Waals surface area contributed by atoms with Gasteiger partial charge in [0, 0.05) is 23.8 Å². The summed E-state index contributed by atoms with van der Waals surface area (Å²) < 4.78 is 0. The maximum atomic E-state index is 10.8. The number of aliphatic carboxylic acids is 1. The van der Waals surface area contributed by atoms with E-state index in [1.165, 1.54) is 18.2 Å². The van der Waals surface area contributed by atoms with Crippen LogP contribution in [0, 0.1) is 10.1 Å². The molecule has 0 heterocycles. The summed E-state index contributed by atoms with van der Waals surface area (Å²) >= 11 is 0. The summed E-state index contributed by atoms with van der Waals surface area (Å²) in [7, 11) is 0. The highest BCUT2D eigenvalue weighted by atomic mass is 16.6. The zero-order valence-electron chi connectivity index (χ0n) is 8.36. The van der Waals surface area contributed by atoms with E-state index in [9.17, 15) is 24.8 Å². The number of carboxylic acid groups (broad SMARTS) is 1. The van der Waals surface area contributed by atoms with Gasteiger partial charge in [0.05, 0.1) is 4.92 Å². The average Bonchev–Trinajstić information content (AvgIpc) is 2.28. The summed E-state index contributed by atoms with van der Waals surface area (Å²) in [5, 5.41) is 28.2. The lowest BCUT2D eigenvalue weighted by Gasteiger charge is -1.99. The van der Waals surface area contributed by atoms with Gasteiger partial charge in [0.1, 0.15) is 5.76 Å². The van der Waals surface area contributed by atoms with Crippen molar-refractivity contribution in [2.24, 2.45) is 0 Å². The Morgan fingerprint density at radius 3 is 2.47 bits per heavy atom. The number of rotatable bonds is 4. The van der Waals surface area contributed by atoms with Crippen LogP contribution < -0.4 is 0 Å². The van der Waals surface area contributed by atoms with Crippen molar-refractivity contribution in [2.75, 3.05) is 0 Å². The predicted molar refractivity (Wildman–Crippen MR) is 56.3 cm³/mol. The lowest BCUT2D eigenvalue weighted by atomic mass is 10.1. The molecule has 0 saturated heterocycles. The van der Waals surface area contributed by atoms with Gasteiger partial charge in [-0.05, 0) is 0 Å². The van der Waals surface area contributed by atoms with Gasteiger partial charge in [-0.1, -0.05) is 12.1 Å². The number of nitro groups is 1. The Hall–Kier alpha value is -2.70. The van der Waals surface area contributed by atoms with Gasteiger partial charge in [-0.15, -0.1) is 0 Å². The third-order valence-corrected chi connectivity index (χ3v) is 1.83. The van der Waals surface area contributed by atoms with E-state index in [1.807, 2.05) is 0 Å². The van der Waals surface area contributed by atoms with Crippen molar-refractivity contribution >= 4 is 23.2 Å². The van der Waals surface area contributed by atoms with Gasteiger partial charge >= 0.3 is 5.97 Å². The molecule has 1 rings (SSSR count). The highest BCUT2D eigenvalue weighted by molar-refractivity contribution is 6.38. The van der Waals surface area contributed by atoms with Crippen LogP contribution in [0.1, 0.15) is 5.56 Å². The second kappa shape index (κ2) is 4.88. The summed E-state index contributed by atoms with van der Waals surface area (Å²) in [5.41, 5.74) is -0.279. The highest BCUT2D eigenvalue weighted by Gasteiger charge is 2.12. The van der Waals surface area contributed by atoms with Crippen LogP contribution in [0.4, 0.5) is 5.69 Å². The Labute approximate surface area is 94.8 Å². The maximum absolute atomic E-state index is 10.8. The van der Waals surface area contributed by atoms with Crippen LogP contribution in [-0.4, -0.2) is 26.9 Å². The Balaban J connectivity index is 3.08. The number of hydrogen-bond acceptors (Lipinski definition) is 5. The standard InChI is InChI=1S/C10H7NO6/c12-8(5-9(13)10(14)15)6-2-1-3-7(4-6)11(16)17/h1-5,12H,(H,14,15)/b8-5-. The first-order valence-corrected chi connectivity index (χ1v) is 4.34. The topological polar surface area (TPSA) is 118 Å². The van der Waals surface area contributed by atoms with E-state index in [-0.39, 0.29) is 11.3 Å². The molecule has 0 aliphatic rings. The molecule has 0 bridgehead atoms. The van der Waals surface area contributed by atoms with Gasteiger partial charge in [-0.2, -0.15) is 0 Å². The lowest BCUT2D eigenvalue weighted by Crippen LogP contribution is -2.09. The fourth-order valence-corrected chi connectivity index (χ4v) is 1.05. The Morgan fingerprint density at radius 1 is 1.29 bits per heavy atom. The first-order chi connectivity index (χ1) is 7.91. The second-order valence-electron chi connectivity index (χ2n) is 3.01. The van der Waals surface area contributed by atoms with E-state index in [0.29, 0.717) is 6.08 Å². The van der Waals surface area contributed by atoms with E-state index in [0.717, 1.165) is 6.07 Å². The van der Waals surface area contributed by atoms with Crippen molar-refractivity contribution in [2.45, 2.75) is 0 Å². The molecule has 0 aliphatic heterocycles. The van der Waals surface area contributed by atoms with Crippen molar-refractivity contribution in [3.63, 3.8) is 0 Å². The molecule has 7 nitrogen and oxygen atoms in total. The SMILES string of the molecule is O=C(O)C(=O)/C=C(\O)c1cccc([N+](=O)[O-])c1. The molecule has 88 valence electrons. The summed E-state index contributed by atoms with van der Waals surface area (Å²) in [4.78, 5) is 30.8. The molecule has 1 aromatic carbocycles. The van der Waals surface area contributed by atoms with Crippen LogP contribution >= 0.6 is 0 Å². The van der Waals surface area contributed by atoms with Crippen molar-refractivity contribution < 1.29 is 24.7 Å². The van der Waals surface area contributed by atoms with E-state index in [1.54, 1.807) is 0 Å². The number of aliphatic hydroxyl groups is 1. The molecule has 0 aromatic heterocycles. The number of ketones is 1. The molecule has 1 aromatic rings. The molecule has 0 saturated carbocycles.